The summed E-state index contributed by atoms with van der Waals surface area (Å²) in [5.41, 5.74) is -2.34. The Morgan fingerprint density at radius 3 is 2.14 bits per heavy atom. The molecule has 72 heavy (non-hydrogen) atoms. The molecule has 0 unspecified atom stereocenters. The highest BCUT2D eigenvalue weighted by Crippen LogP contribution is 2.44. The molecule has 3 heterocycles. The van der Waals surface area contributed by atoms with E-state index in [4.69, 9.17) is 11.6 Å². The predicted molar refractivity (Wildman–Crippen MR) is 279 cm³/mol. The molecule has 4 aromatic carbocycles. The van der Waals surface area contributed by atoms with Gasteiger partial charge in [-0.25, -0.2) is 25.9 Å². The minimum Gasteiger partial charge on any atom is -0.380 e. The second-order valence-corrected chi connectivity index (χ2v) is 26.6. The second kappa shape index (κ2) is 21.6. The Kier molecular flexibility index (Phi) is 16.2. The van der Waals surface area contributed by atoms with Gasteiger partial charge in [0.05, 0.1) is 10.6 Å². The third kappa shape index (κ3) is 12.8. The summed E-state index contributed by atoms with van der Waals surface area (Å²) >= 11 is 7.54. The molecular weight excluding hydrogens is 1010 g/mol. The fourth-order valence-electron chi connectivity index (χ4n) is 10.5. The summed E-state index contributed by atoms with van der Waals surface area (Å²) in [6, 6.07) is 22.6. The molecule has 0 saturated carbocycles. The van der Waals surface area contributed by atoms with E-state index >= 15 is 4.39 Å². The van der Waals surface area contributed by atoms with Crippen molar-refractivity contribution in [1.29, 1.82) is 0 Å². The van der Waals surface area contributed by atoms with E-state index in [2.05, 4.69) is 59.5 Å². The molecule has 4 aromatic rings. The predicted octanol–water partition coefficient (Wildman–Crippen LogP) is 10.3. The zero-order valence-electron chi connectivity index (χ0n) is 41.4. The van der Waals surface area contributed by atoms with Gasteiger partial charge in [0.25, 0.3) is 25.8 Å². The fraction of sp³-hybridized carbons (Fsp3) is 0.491. The van der Waals surface area contributed by atoms with Gasteiger partial charge in [-0.1, -0.05) is 55.3 Å². The van der Waals surface area contributed by atoms with Crippen LogP contribution in [0.2, 0.25) is 5.02 Å². The number of halogens is 5. The maximum Gasteiger partial charge on any atom is 0.501 e. The van der Waals surface area contributed by atoms with Crippen LogP contribution >= 0.6 is 23.4 Å². The molecule has 19 heteroatoms. The largest absolute Gasteiger partial charge is 0.501 e. The minimum absolute atomic E-state index is 0.0249. The molecule has 1 amide bonds. The Labute approximate surface area is 431 Å². The molecule has 3 saturated heterocycles. The third-order valence-corrected chi connectivity index (χ3v) is 18.9. The van der Waals surface area contributed by atoms with Crippen LogP contribution in [0.4, 0.5) is 28.9 Å². The second-order valence-electron chi connectivity index (χ2n) is 21.5. The molecule has 4 aliphatic rings. The number of nitrogens with one attached hydrogen (secondary N) is 2. The Morgan fingerprint density at radius 2 is 1.51 bits per heavy atom. The van der Waals surface area contributed by atoms with Gasteiger partial charge in [0.2, 0.25) is 0 Å². The van der Waals surface area contributed by atoms with Gasteiger partial charge >= 0.3 is 5.51 Å². The summed E-state index contributed by atoms with van der Waals surface area (Å²) in [4.78, 5) is 21.7. The number of carbonyl (C=O) groups is 1. The zero-order valence-corrected chi connectivity index (χ0v) is 44.6. The van der Waals surface area contributed by atoms with Crippen LogP contribution in [0, 0.1) is 23.1 Å². The highest BCUT2D eigenvalue weighted by molar-refractivity contribution is 7.99. The molecule has 0 spiro atoms. The first-order valence-electron chi connectivity index (χ1n) is 24.5. The van der Waals surface area contributed by atoms with E-state index in [0.29, 0.717) is 66.8 Å². The maximum atomic E-state index is 15.1. The van der Waals surface area contributed by atoms with Crippen LogP contribution in [-0.2, 0) is 19.9 Å². The summed E-state index contributed by atoms with van der Waals surface area (Å²) in [5.74, 6) is 0.0364. The van der Waals surface area contributed by atoms with Crippen molar-refractivity contribution in [1.82, 2.24) is 19.4 Å². The summed E-state index contributed by atoms with van der Waals surface area (Å²) < 4.78 is 114. The van der Waals surface area contributed by atoms with Gasteiger partial charge in [-0.05, 0) is 136 Å². The quantitative estimate of drug-likeness (QED) is 0.0824. The van der Waals surface area contributed by atoms with Gasteiger partial charge in [0.1, 0.15) is 10.7 Å². The molecule has 2 N–H and O–H groups in total. The molecule has 3 atom stereocenters. The first-order valence-corrected chi connectivity index (χ1v) is 28.9. The van der Waals surface area contributed by atoms with E-state index in [-0.39, 0.29) is 28.0 Å². The number of alkyl halides is 3. The van der Waals surface area contributed by atoms with Crippen molar-refractivity contribution in [2.75, 3.05) is 81.4 Å². The Balaban J connectivity index is 0.929. The molecule has 11 nitrogen and oxygen atoms in total. The molecule has 8 rings (SSSR count). The number of anilines is 2. The number of hydrogen-bond donors (Lipinski definition) is 2. The molecule has 0 radical (unpaired) electrons. The number of benzene rings is 4. The topological polar surface area (TPSA) is 122 Å². The average Bonchev–Trinajstić information content (AvgIpc) is 3.91. The summed E-state index contributed by atoms with van der Waals surface area (Å²) in [7, 11) is -11.0. The number of piperazine rings is 1. The number of fused-ring (bicyclic) bond motifs is 1. The van der Waals surface area contributed by atoms with Crippen LogP contribution in [0.3, 0.4) is 0 Å². The van der Waals surface area contributed by atoms with E-state index in [9.17, 15) is 34.8 Å². The zero-order chi connectivity index (χ0) is 51.8. The SMILES string of the molecule is CC1(C)CCC(c2ccc(Cl)cc2F)=C(CN2CCN(c3ccc(C(=O)NS(=O)(=O)c4ccc(N[C@H](CCN5C[C@@H]6CN(C(C)(C)C)C[C@H]6C5)CSc5ccccc5)c(S(=O)(=O)C(F)(F)F)c4)cc3)CC2)C1. The molecule has 0 bridgehead atoms. The number of likely N-dealkylation sites (tertiary alicyclic amines) is 2. The van der Waals surface area contributed by atoms with E-state index < -0.39 is 47.1 Å². The van der Waals surface area contributed by atoms with Crippen molar-refractivity contribution in [3.05, 3.63) is 119 Å². The van der Waals surface area contributed by atoms with E-state index in [1.165, 1.54) is 35.5 Å². The van der Waals surface area contributed by atoms with E-state index in [0.717, 1.165) is 86.8 Å². The van der Waals surface area contributed by atoms with Crippen LogP contribution < -0.4 is 14.9 Å². The molecule has 0 aromatic heterocycles. The Bertz CT molecular complexity index is 2840. The number of nitrogens with zero attached hydrogens (tertiary/aromatic N) is 4. The third-order valence-electron chi connectivity index (χ3n) is 14.7. The van der Waals surface area contributed by atoms with Gasteiger partial charge in [0, 0.05) is 110 Å². The van der Waals surface area contributed by atoms with Crippen LogP contribution in [0.5, 0.6) is 0 Å². The lowest BCUT2D eigenvalue weighted by Gasteiger charge is -2.39. The number of thioether (sulfide) groups is 1. The lowest BCUT2D eigenvalue weighted by atomic mass is 9.72. The van der Waals surface area contributed by atoms with Crippen molar-refractivity contribution < 1.29 is 39.2 Å². The highest BCUT2D eigenvalue weighted by Gasteiger charge is 2.49. The van der Waals surface area contributed by atoms with Crippen LogP contribution in [0.25, 0.3) is 5.57 Å². The first kappa shape index (κ1) is 54.1. The summed E-state index contributed by atoms with van der Waals surface area (Å²) in [6.07, 6.45) is 3.06. The number of hydrogen-bond acceptors (Lipinski definition) is 11. The summed E-state index contributed by atoms with van der Waals surface area (Å²) in [5, 5.41) is 3.43. The van der Waals surface area contributed by atoms with Crippen molar-refractivity contribution in [3.8, 4) is 0 Å². The number of carbonyl (C=O) groups excluding carboxylic acids is 1. The highest BCUT2D eigenvalue weighted by atomic mass is 35.5. The van der Waals surface area contributed by atoms with Crippen LogP contribution in [0.15, 0.2) is 111 Å². The first-order chi connectivity index (χ1) is 33.8. The summed E-state index contributed by atoms with van der Waals surface area (Å²) in [6.45, 7) is 19.0. The number of amides is 1. The lowest BCUT2D eigenvalue weighted by Crippen LogP contribution is -2.47. The maximum absolute atomic E-state index is 15.1. The molecule has 390 valence electrons. The van der Waals surface area contributed by atoms with Gasteiger partial charge in [0.15, 0.2) is 0 Å². The molecule has 3 fully saturated rings. The molecule has 1 aliphatic carbocycles. The standard InChI is InChI=1S/C53H65ClF4N6O5S3/c1-51(2,3)64-33-38-31-62(32-39(38)34-64)22-20-41(35-70-43-9-7-6-8-10-43)59-48-18-16-44(28-49(48)71(66,67)53(56,57)58)72(68,69)60-50(65)36-11-14-42(15-12-36)63-25-23-61(24-26-63)30-37-29-52(4,5)21-19-45(37)46-17-13-40(54)27-47(46)55/h6-18,27-28,38-39,41,59H,19-26,29-35H2,1-5H3,(H,60,65)/t38-,39-,41-/m1/s1. The van der Waals surface area contributed by atoms with Gasteiger partial charge in [-0.2, -0.15) is 13.2 Å². The molecule has 3 aliphatic heterocycles. The van der Waals surface area contributed by atoms with Crippen molar-refractivity contribution >= 4 is 66.1 Å². The van der Waals surface area contributed by atoms with Crippen LogP contribution in [-0.4, -0.2) is 126 Å². The van der Waals surface area contributed by atoms with Crippen molar-refractivity contribution in [2.45, 2.75) is 92.1 Å². The average molecular weight is 1070 g/mol. The van der Waals surface area contributed by atoms with Crippen molar-refractivity contribution in [2.24, 2.45) is 17.3 Å². The number of allylic oxidation sites excluding steroid dienone is 1. The smallest absolute Gasteiger partial charge is 0.380 e. The minimum atomic E-state index is -6.08. The van der Waals surface area contributed by atoms with Gasteiger partial charge in [-0.3, -0.25) is 14.6 Å². The van der Waals surface area contributed by atoms with Crippen molar-refractivity contribution in [3.63, 3.8) is 0 Å². The number of sulfonamides is 1. The molecular formula is C53H65ClF4N6O5S3. The number of sulfone groups is 1. The van der Waals surface area contributed by atoms with Gasteiger partial charge < -0.3 is 15.1 Å². The normalized spacial score (nSPS) is 20.9. The van der Waals surface area contributed by atoms with Crippen LogP contribution in [0.1, 0.15) is 76.2 Å². The lowest BCUT2D eigenvalue weighted by molar-refractivity contribution is -0.0435. The fourth-order valence-corrected chi connectivity index (χ4v) is 13.7. The number of rotatable bonds is 16. The van der Waals surface area contributed by atoms with Gasteiger partial charge in [-0.15, -0.1) is 11.8 Å². The Morgan fingerprint density at radius 1 is 0.847 bits per heavy atom. The monoisotopic (exact) mass is 1070 g/mol. The van der Waals surface area contributed by atoms with E-state index in [1.54, 1.807) is 24.3 Å². The Hall–Kier alpha value is -4.17. The van der Waals surface area contributed by atoms with E-state index in [1.807, 2.05) is 35.1 Å².